The quantitative estimate of drug-likeness (QED) is 0.732. The summed E-state index contributed by atoms with van der Waals surface area (Å²) in [4.78, 5) is 17.0. The highest BCUT2D eigenvalue weighted by Gasteiger charge is 2.31. The number of hydrogen-bond acceptors (Lipinski definition) is 5. The molecule has 1 saturated carbocycles. The van der Waals surface area contributed by atoms with Crippen LogP contribution >= 0.6 is 0 Å². The first-order chi connectivity index (χ1) is 14.0. The number of carbonyl (C=O) groups excluding carboxylic acids is 1. The zero-order valence-corrected chi connectivity index (χ0v) is 17.4. The summed E-state index contributed by atoms with van der Waals surface area (Å²) in [6.45, 7) is 3.81. The van der Waals surface area contributed by atoms with Crippen molar-refractivity contribution in [2.45, 2.75) is 36.6 Å². The number of amides is 1. The Morgan fingerprint density at radius 1 is 1.00 bits per heavy atom. The predicted molar refractivity (Wildman–Crippen MR) is 106 cm³/mol. The number of ether oxygens (including phenoxy) is 1. The highest BCUT2D eigenvalue weighted by molar-refractivity contribution is 7.89. The van der Waals surface area contributed by atoms with Gasteiger partial charge in [-0.05, 0) is 31.0 Å². The molecule has 2 saturated heterocycles. The molecule has 0 radical (unpaired) electrons. The van der Waals surface area contributed by atoms with E-state index in [9.17, 15) is 17.6 Å². The highest BCUT2D eigenvalue weighted by atomic mass is 32.2. The van der Waals surface area contributed by atoms with Gasteiger partial charge in [-0.25, -0.2) is 12.8 Å². The first kappa shape index (κ1) is 20.7. The Morgan fingerprint density at radius 2 is 1.66 bits per heavy atom. The van der Waals surface area contributed by atoms with Crippen molar-refractivity contribution in [3.63, 3.8) is 0 Å². The van der Waals surface area contributed by atoms with Crippen LogP contribution in [-0.2, 0) is 14.8 Å². The third-order valence-corrected chi connectivity index (χ3v) is 8.11. The van der Waals surface area contributed by atoms with Crippen molar-refractivity contribution in [3.05, 3.63) is 29.6 Å². The minimum atomic E-state index is -3.78. The minimum absolute atomic E-state index is 0.0475. The number of rotatable bonds is 4. The number of benzene rings is 1. The molecule has 1 aromatic carbocycles. The Balaban J connectivity index is 1.48. The molecule has 0 spiro atoms. The molecule has 9 heteroatoms. The van der Waals surface area contributed by atoms with Crippen LogP contribution in [0.1, 0.15) is 36.0 Å². The fraction of sp³-hybridized carbons (Fsp3) is 0.650. The molecule has 0 unspecified atom stereocenters. The van der Waals surface area contributed by atoms with E-state index in [1.165, 1.54) is 42.1 Å². The van der Waals surface area contributed by atoms with Crippen molar-refractivity contribution in [2.75, 3.05) is 52.5 Å². The molecule has 2 heterocycles. The van der Waals surface area contributed by atoms with E-state index in [2.05, 4.69) is 4.90 Å². The van der Waals surface area contributed by atoms with E-state index in [1.54, 1.807) is 4.90 Å². The second kappa shape index (κ2) is 8.67. The maximum atomic E-state index is 14.4. The zero-order chi connectivity index (χ0) is 20.4. The molecule has 29 heavy (non-hydrogen) atoms. The predicted octanol–water partition coefficient (Wildman–Crippen LogP) is 1.55. The van der Waals surface area contributed by atoms with Crippen LogP contribution in [-0.4, -0.2) is 87.0 Å². The summed E-state index contributed by atoms with van der Waals surface area (Å²) in [6.07, 6.45) is 4.95. The normalized spacial score (nSPS) is 22.9. The van der Waals surface area contributed by atoms with Crippen LogP contribution in [0.25, 0.3) is 0 Å². The number of carbonyl (C=O) groups is 1. The molecule has 1 aromatic rings. The average Bonchev–Trinajstić information content (AvgIpc) is 3.29. The van der Waals surface area contributed by atoms with E-state index in [0.29, 0.717) is 32.3 Å². The smallest absolute Gasteiger partial charge is 0.256 e. The molecule has 0 N–H and O–H groups in total. The van der Waals surface area contributed by atoms with Gasteiger partial charge in [-0.2, -0.15) is 4.31 Å². The van der Waals surface area contributed by atoms with Gasteiger partial charge in [0.1, 0.15) is 5.82 Å². The van der Waals surface area contributed by atoms with Crippen molar-refractivity contribution in [1.29, 1.82) is 0 Å². The van der Waals surface area contributed by atoms with Crippen molar-refractivity contribution < 1.29 is 22.3 Å². The Morgan fingerprint density at radius 3 is 2.31 bits per heavy atom. The first-order valence-corrected chi connectivity index (χ1v) is 11.8. The molecule has 0 aromatic heterocycles. The summed E-state index contributed by atoms with van der Waals surface area (Å²) in [5.74, 6) is -1.12. The molecule has 7 nitrogen and oxygen atoms in total. The summed E-state index contributed by atoms with van der Waals surface area (Å²) in [7, 11) is -3.78. The highest BCUT2D eigenvalue weighted by Crippen LogP contribution is 2.25. The monoisotopic (exact) mass is 425 g/mol. The standard InChI is InChI=1S/C20H28FN3O4S/c21-19-6-5-17(29(26,27)24-11-13-28-14-12-24)15-18(19)20(25)23-9-7-22(8-10-23)16-3-1-2-4-16/h5-6,15-16H,1-4,7-14H2. The molecule has 0 bridgehead atoms. The SMILES string of the molecule is O=C(c1cc(S(=O)(=O)N2CCOCC2)ccc1F)N1CCN(C2CCCC2)CC1. The number of sulfonamides is 1. The molecule has 1 aliphatic carbocycles. The average molecular weight is 426 g/mol. The van der Waals surface area contributed by atoms with Crippen LogP contribution < -0.4 is 0 Å². The maximum Gasteiger partial charge on any atom is 0.256 e. The first-order valence-electron chi connectivity index (χ1n) is 10.4. The summed E-state index contributed by atoms with van der Waals surface area (Å²) in [5, 5.41) is 0. The van der Waals surface area contributed by atoms with Gasteiger partial charge in [0.25, 0.3) is 5.91 Å². The van der Waals surface area contributed by atoms with Gasteiger partial charge in [0.05, 0.1) is 23.7 Å². The van der Waals surface area contributed by atoms with Gasteiger partial charge in [-0.1, -0.05) is 12.8 Å². The largest absolute Gasteiger partial charge is 0.379 e. The molecule has 1 amide bonds. The van der Waals surface area contributed by atoms with E-state index in [4.69, 9.17) is 4.74 Å². The van der Waals surface area contributed by atoms with Gasteiger partial charge < -0.3 is 9.64 Å². The van der Waals surface area contributed by atoms with Crippen LogP contribution in [0, 0.1) is 5.82 Å². The zero-order valence-electron chi connectivity index (χ0n) is 16.6. The van der Waals surface area contributed by atoms with Gasteiger partial charge in [0.2, 0.25) is 10.0 Å². The lowest BCUT2D eigenvalue weighted by Crippen LogP contribution is -2.51. The molecular weight excluding hydrogens is 397 g/mol. The molecular formula is C20H28FN3O4S. The Kier molecular flexibility index (Phi) is 6.19. The third kappa shape index (κ3) is 4.33. The van der Waals surface area contributed by atoms with Crippen LogP contribution in [0.15, 0.2) is 23.1 Å². The fourth-order valence-electron chi connectivity index (χ4n) is 4.49. The second-order valence-electron chi connectivity index (χ2n) is 7.92. The Hall–Kier alpha value is -1.55. The molecule has 0 atom stereocenters. The summed E-state index contributed by atoms with van der Waals surface area (Å²) in [6, 6.07) is 4.10. The number of morpholine rings is 1. The number of nitrogens with zero attached hydrogens (tertiary/aromatic N) is 3. The van der Waals surface area contributed by atoms with E-state index >= 15 is 0 Å². The number of piperazine rings is 1. The second-order valence-corrected chi connectivity index (χ2v) is 9.86. The Bertz CT molecular complexity index is 843. The van der Waals surface area contributed by atoms with Gasteiger partial charge >= 0.3 is 0 Å². The third-order valence-electron chi connectivity index (χ3n) is 6.22. The van der Waals surface area contributed by atoms with E-state index < -0.39 is 21.7 Å². The van der Waals surface area contributed by atoms with Crippen molar-refractivity contribution in [2.24, 2.45) is 0 Å². The van der Waals surface area contributed by atoms with Crippen molar-refractivity contribution in [1.82, 2.24) is 14.1 Å². The van der Waals surface area contributed by atoms with Gasteiger partial charge in [0.15, 0.2) is 0 Å². The Labute approximate surface area is 171 Å². The lowest BCUT2D eigenvalue weighted by molar-refractivity contribution is 0.0568. The van der Waals surface area contributed by atoms with E-state index in [-0.39, 0.29) is 23.5 Å². The summed E-state index contributed by atoms with van der Waals surface area (Å²) in [5.41, 5.74) is -0.173. The lowest BCUT2D eigenvalue weighted by atomic mass is 10.1. The van der Waals surface area contributed by atoms with Crippen LogP contribution in [0.5, 0.6) is 0 Å². The minimum Gasteiger partial charge on any atom is -0.379 e. The van der Waals surface area contributed by atoms with Gasteiger partial charge in [-0.3, -0.25) is 9.69 Å². The van der Waals surface area contributed by atoms with Crippen molar-refractivity contribution >= 4 is 15.9 Å². The van der Waals surface area contributed by atoms with Crippen molar-refractivity contribution in [3.8, 4) is 0 Å². The van der Waals surface area contributed by atoms with E-state index in [0.717, 1.165) is 19.2 Å². The number of hydrogen-bond donors (Lipinski definition) is 0. The summed E-state index contributed by atoms with van der Waals surface area (Å²) >= 11 is 0. The summed E-state index contributed by atoms with van der Waals surface area (Å²) < 4.78 is 46.7. The lowest BCUT2D eigenvalue weighted by Gasteiger charge is -2.38. The number of halogens is 1. The maximum absolute atomic E-state index is 14.4. The molecule has 3 fully saturated rings. The van der Waals surface area contributed by atoms with Gasteiger partial charge in [0, 0.05) is 45.3 Å². The molecule has 4 rings (SSSR count). The van der Waals surface area contributed by atoms with Crippen LogP contribution in [0.2, 0.25) is 0 Å². The fourth-order valence-corrected chi connectivity index (χ4v) is 5.93. The van der Waals surface area contributed by atoms with Crippen LogP contribution in [0.3, 0.4) is 0 Å². The van der Waals surface area contributed by atoms with Gasteiger partial charge in [-0.15, -0.1) is 0 Å². The topological polar surface area (TPSA) is 70.2 Å². The van der Waals surface area contributed by atoms with E-state index in [1.807, 2.05) is 0 Å². The molecule has 160 valence electrons. The molecule has 3 aliphatic rings. The molecule has 2 aliphatic heterocycles. The van der Waals surface area contributed by atoms with Crippen LogP contribution in [0.4, 0.5) is 4.39 Å².